The third-order valence-electron chi connectivity index (χ3n) is 4.26. The van der Waals surface area contributed by atoms with Crippen LogP contribution in [0.25, 0.3) is 0 Å². The van der Waals surface area contributed by atoms with Gasteiger partial charge in [-0.1, -0.05) is 20.8 Å². The number of cyclic esters (lactones) is 1. The van der Waals surface area contributed by atoms with Gasteiger partial charge in [-0.3, -0.25) is 4.79 Å². The molecule has 0 amide bonds. The van der Waals surface area contributed by atoms with Crippen molar-refractivity contribution in [1.82, 2.24) is 0 Å². The lowest BCUT2D eigenvalue weighted by Crippen LogP contribution is -2.21. The van der Waals surface area contributed by atoms with E-state index < -0.39 is 12.1 Å². The second kappa shape index (κ2) is 5.92. The van der Waals surface area contributed by atoms with Crippen molar-refractivity contribution in [3.8, 4) is 0 Å². The third kappa shape index (κ3) is 3.28. The molecule has 1 heterocycles. The van der Waals surface area contributed by atoms with E-state index in [1.165, 1.54) is 6.08 Å². The van der Waals surface area contributed by atoms with Gasteiger partial charge in [0, 0.05) is 18.9 Å². The number of ether oxygens (including phenoxy) is 1. The SMILES string of the molecule is CC(C)C1OC(=O)C(CC(C)C2CC(=O)C=C(O)C2)=C1O. The number of hydrogen-bond donors (Lipinski definition) is 2. The van der Waals surface area contributed by atoms with Crippen LogP contribution in [-0.4, -0.2) is 28.1 Å². The van der Waals surface area contributed by atoms with Crippen molar-refractivity contribution in [1.29, 1.82) is 0 Å². The van der Waals surface area contributed by atoms with Gasteiger partial charge < -0.3 is 14.9 Å². The molecular formula is C16H22O5. The van der Waals surface area contributed by atoms with Crippen LogP contribution in [0.4, 0.5) is 0 Å². The van der Waals surface area contributed by atoms with Gasteiger partial charge in [-0.25, -0.2) is 4.79 Å². The fourth-order valence-corrected chi connectivity index (χ4v) is 2.95. The molecule has 0 aromatic rings. The largest absolute Gasteiger partial charge is 0.512 e. The molecule has 3 unspecified atom stereocenters. The van der Waals surface area contributed by atoms with E-state index in [0.29, 0.717) is 24.8 Å². The Kier molecular flexibility index (Phi) is 4.40. The van der Waals surface area contributed by atoms with Crippen LogP contribution >= 0.6 is 0 Å². The Labute approximate surface area is 124 Å². The predicted molar refractivity (Wildman–Crippen MR) is 76.6 cm³/mol. The normalized spacial score (nSPS) is 27.9. The molecule has 116 valence electrons. The maximum Gasteiger partial charge on any atom is 0.338 e. The minimum Gasteiger partial charge on any atom is -0.512 e. The molecule has 2 rings (SSSR count). The Balaban J connectivity index is 2.09. The van der Waals surface area contributed by atoms with E-state index in [0.717, 1.165) is 0 Å². The smallest absolute Gasteiger partial charge is 0.338 e. The number of ketones is 1. The minimum absolute atomic E-state index is 0.000382. The van der Waals surface area contributed by atoms with Crippen molar-refractivity contribution >= 4 is 11.8 Å². The highest BCUT2D eigenvalue weighted by molar-refractivity contribution is 5.92. The van der Waals surface area contributed by atoms with Crippen LogP contribution < -0.4 is 0 Å². The van der Waals surface area contributed by atoms with E-state index in [4.69, 9.17) is 4.74 Å². The summed E-state index contributed by atoms with van der Waals surface area (Å²) in [6.45, 7) is 5.68. The average molecular weight is 294 g/mol. The van der Waals surface area contributed by atoms with E-state index in [2.05, 4.69) is 0 Å². The van der Waals surface area contributed by atoms with Gasteiger partial charge in [0.1, 0.15) is 5.76 Å². The Hall–Kier alpha value is -1.78. The number of allylic oxidation sites excluding steroid dienone is 2. The van der Waals surface area contributed by atoms with Gasteiger partial charge in [0.05, 0.1) is 11.3 Å². The van der Waals surface area contributed by atoms with E-state index >= 15 is 0 Å². The van der Waals surface area contributed by atoms with Crippen LogP contribution in [0, 0.1) is 17.8 Å². The summed E-state index contributed by atoms with van der Waals surface area (Å²) in [5, 5.41) is 19.7. The van der Waals surface area contributed by atoms with Crippen LogP contribution in [0.5, 0.6) is 0 Å². The van der Waals surface area contributed by atoms with Gasteiger partial charge in [0.25, 0.3) is 0 Å². The Morgan fingerprint density at radius 1 is 1.24 bits per heavy atom. The maximum absolute atomic E-state index is 11.9. The van der Waals surface area contributed by atoms with E-state index in [9.17, 15) is 19.8 Å². The second-order valence-electron chi connectivity index (χ2n) is 6.39. The Bertz CT molecular complexity index is 515. The fraction of sp³-hybridized carbons (Fsp3) is 0.625. The fourth-order valence-electron chi connectivity index (χ4n) is 2.95. The number of rotatable bonds is 4. The lowest BCUT2D eigenvalue weighted by atomic mass is 9.79. The number of aliphatic hydroxyl groups excluding tert-OH is 2. The van der Waals surface area contributed by atoms with Crippen LogP contribution in [0.2, 0.25) is 0 Å². The molecule has 0 aromatic heterocycles. The zero-order valence-electron chi connectivity index (χ0n) is 12.6. The zero-order chi connectivity index (χ0) is 15.7. The number of aliphatic hydroxyl groups is 2. The van der Waals surface area contributed by atoms with Crippen molar-refractivity contribution < 1.29 is 24.5 Å². The topological polar surface area (TPSA) is 83.8 Å². The van der Waals surface area contributed by atoms with Gasteiger partial charge in [0.15, 0.2) is 11.9 Å². The van der Waals surface area contributed by atoms with Crippen molar-refractivity contribution in [2.45, 2.75) is 46.1 Å². The van der Waals surface area contributed by atoms with Gasteiger partial charge in [-0.2, -0.15) is 0 Å². The highest BCUT2D eigenvalue weighted by Crippen LogP contribution is 2.35. The summed E-state index contributed by atoms with van der Waals surface area (Å²) in [7, 11) is 0. The summed E-state index contributed by atoms with van der Waals surface area (Å²) in [6, 6.07) is 0. The molecule has 2 aliphatic rings. The standard InChI is InChI=1S/C16H22O5/c1-8(2)15-14(19)13(16(20)21-15)4-9(3)10-5-11(17)7-12(18)6-10/h7-10,15,17,19H,4-6H2,1-3H3. The summed E-state index contributed by atoms with van der Waals surface area (Å²) in [4.78, 5) is 23.4. The number of hydrogen-bond acceptors (Lipinski definition) is 5. The molecule has 3 atom stereocenters. The maximum atomic E-state index is 11.9. The van der Waals surface area contributed by atoms with Gasteiger partial charge in [-0.15, -0.1) is 0 Å². The van der Waals surface area contributed by atoms with Crippen molar-refractivity contribution in [2.75, 3.05) is 0 Å². The molecule has 2 N–H and O–H groups in total. The number of carbonyl (C=O) groups excluding carboxylic acids is 2. The number of carbonyl (C=O) groups is 2. The van der Waals surface area contributed by atoms with E-state index in [1.54, 1.807) is 0 Å². The van der Waals surface area contributed by atoms with Crippen LogP contribution in [0.3, 0.4) is 0 Å². The molecule has 0 fully saturated rings. The zero-order valence-corrected chi connectivity index (χ0v) is 12.6. The molecule has 0 spiro atoms. The summed E-state index contributed by atoms with van der Waals surface area (Å²) < 4.78 is 5.19. The molecule has 21 heavy (non-hydrogen) atoms. The second-order valence-corrected chi connectivity index (χ2v) is 6.39. The van der Waals surface area contributed by atoms with Crippen LogP contribution in [0.1, 0.15) is 40.0 Å². The first-order valence-corrected chi connectivity index (χ1v) is 7.35. The van der Waals surface area contributed by atoms with Crippen molar-refractivity contribution in [3.63, 3.8) is 0 Å². The highest BCUT2D eigenvalue weighted by atomic mass is 16.6. The molecule has 5 heteroatoms. The third-order valence-corrected chi connectivity index (χ3v) is 4.26. The van der Waals surface area contributed by atoms with E-state index in [1.807, 2.05) is 20.8 Å². The predicted octanol–water partition coefficient (Wildman–Crippen LogP) is 2.83. The lowest BCUT2D eigenvalue weighted by molar-refractivity contribution is -0.142. The molecule has 0 saturated heterocycles. The summed E-state index contributed by atoms with van der Waals surface area (Å²) in [6.07, 6.45) is 1.85. The molecule has 0 aromatic carbocycles. The lowest BCUT2D eigenvalue weighted by Gasteiger charge is -2.25. The van der Waals surface area contributed by atoms with Gasteiger partial charge in [0.2, 0.25) is 0 Å². The van der Waals surface area contributed by atoms with Crippen LogP contribution in [0.15, 0.2) is 23.2 Å². The molecule has 0 bridgehead atoms. The Morgan fingerprint density at radius 3 is 2.43 bits per heavy atom. The summed E-state index contributed by atoms with van der Waals surface area (Å²) >= 11 is 0. The first-order valence-electron chi connectivity index (χ1n) is 7.35. The summed E-state index contributed by atoms with van der Waals surface area (Å²) in [5.41, 5.74) is 0.308. The summed E-state index contributed by atoms with van der Waals surface area (Å²) in [5.74, 6) is -0.457. The molecule has 1 aliphatic carbocycles. The molecule has 1 aliphatic heterocycles. The first kappa shape index (κ1) is 15.6. The van der Waals surface area contributed by atoms with Crippen LogP contribution in [-0.2, 0) is 14.3 Å². The van der Waals surface area contributed by atoms with E-state index in [-0.39, 0.29) is 35.1 Å². The molecule has 0 radical (unpaired) electrons. The van der Waals surface area contributed by atoms with Gasteiger partial charge in [-0.05, 0) is 24.2 Å². The molecule has 5 nitrogen and oxygen atoms in total. The molecule has 0 saturated carbocycles. The average Bonchev–Trinajstić information content (AvgIpc) is 2.65. The molecular weight excluding hydrogens is 272 g/mol. The van der Waals surface area contributed by atoms with Crippen molar-refractivity contribution in [2.24, 2.45) is 17.8 Å². The van der Waals surface area contributed by atoms with Gasteiger partial charge >= 0.3 is 5.97 Å². The van der Waals surface area contributed by atoms with Crippen molar-refractivity contribution in [3.05, 3.63) is 23.2 Å². The highest BCUT2D eigenvalue weighted by Gasteiger charge is 2.37. The first-order chi connectivity index (χ1) is 9.79. The Morgan fingerprint density at radius 2 is 1.90 bits per heavy atom. The quantitative estimate of drug-likeness (QED) is 0.779. The monoisotopic (exact) mass is 294 g/mol. The minimum atomic E-state index is -0.569. The number of esters is 1.